The highest BCUT2D eigenvalue weighted by Gasteiger charge is 2.35. The van der Waals surface area contributed by atoms with Gasteiger partial charge in [0.25, 0.3) is 5.56 Å². The van der Waals surface area contributed by atoms with Crippen LogP contribution in [0.3, 0.4) is 0 Å². The molecule has 27 heavy (non-hydrogen) atoms. The van der Waals surface area contributed by atoms with E-state index < -0.39 is 11.6 Å². The van der Waals surface area contributed by atoms with E-state index in [4.69, 9.17) is 19.9 Å². The van der Waals surface area contributed by atoms with E-state index in [0.29, 0.717) is 31.8 Å². The zero-order valence-electron chi connectivity index (χ0n) is 15.6. The molecule has 7 nitrogen and oxygen atoms in total. The zero-order valence-corrected chi connectivity index (χ0v) is 15.6. The minimum absolute atomic E-state index is 0.0672. The van der Waals surface area contributed by atoms with Crippen LogP contribution >= 0.6 is 0 Å². The maximum Gasteiger partial charge on any atom is 0.332 e. The van der Waals surface area contributed by atoms with E-state index in [0.717, 1.165) is 16.5 Å². The van der Waals surface area contributed by atoms with Gasteiger partial charge in [0.05, 0.1) is 5.52 Å². The van der Waals surface area contributed by atoms with Crippen molar-refractivity contribution < 1.29 is 19.0 Å². The molecule has 1 aromatic carbocycles. The van der Waals surface area contributed by atoms with Crippen molar-refractivity contribution in [2.24, 2.45) is 12.8 Å². The fourth-order valence-electron chi connectivity index (χ4n) is 3.29. The Labute approximate surface area is 157 Å². The molecule has 7 heteroatoms. The number of hydrogen-bond acceptors (Lipinski definition) is 6. The van der Waals surface area contributed by atoms with Crippen molar-refractivity contribution in [1.82, 2.24) is 4.57 Å². The van der Waals surface area contributed by atoms with Gasteiger partial charge in [-0.05, 0) is 29.1 Å². The minimum Gasteiger partial charge on any atom is -0.458 e. The predicted octanol–water partition coefficient (Wildman–Crippen LogP) is 1.62. The van der Waals surface area contributed by atoms with E-state index in [2.05, 4.69) is 0 Å². The van der Waals surface area contributed by atoms with Crippen molar-refractivity contribution in [2.75, 3.05) is 20.3 Å². The van der Waals surface area contributed by atoms with Gasteiger partial charge in [0, 0.05) is 58.1 Å². The van der Waals surface area contributed by atoms with Crippen molar-refractivity contribution in [2.45, 2.75) is 25.0 Å². The average molecular weight is 372 g/mol. The number of benzene rings is 1. The minimum atomic E-state index is -0.676. The number of aromatic nitrogens is 1. The topological polar surface area (TPSA) is 92.8 Å². The van der Waals surface area contributed by atoms with Gasteiger partial charge in [-0.3, -0.25) is 4.79 Å². The van der Waals surface area contributed by atoms with Crippen LogP contribution in [0.25, 0.3) is 10.9 Å². The molecule has 2 N–H and O–H groups in total. The van der Waals surface area contributed by atoms with Crippen LogP contribution in [-0.2, 0) is 32.7 Å². The summed E-state index contributed by atoms with van der Waals surface area (Å²) < 4.78 is 17.8. The normalized spacial score (nSPS) is 17.0. The van der Waals surface area contributed by atoms with Gasteiger partial charge in [-0.15, -0.1) is 0 Å². The van der Waals surface area contributed by atoms with Gasteiger partial charge in [-0.25, -0.2) is 4.79 Å². The van der Waals surface area contributed by atoms with Crippen LogP contribution in [0, 0.1) is 0 Å². The molecule has 0 saturated carbocycles. The van der Waals surface area contributed by atoms with Crippen LogP contribution in [0.4, 0.5) is 0 Å². The Morgan fingerprint density at radius 3 is 2.74 bits per heavy atom. The number of rotatable bonds is 5. The molecule has 1 aliphatic heterocycles. The van der Waals surface area contributed by atoms with E-state index >= 15 is 0 Å². The van der Waals surface area contributed by atoms with Gasteiger partial charge in [0.2, 0.25) is 0 Å². The Bertz CT molecular complexity index is 926. The highest BCUT2D eigenvalue weighted by atomic mass is 16.5. The molecule has 2 aromatic rings. The van der Waals surface area contributed by atoms with E-state index in [-0.39, 0.29) is 12.2 Å². The second-order valence-corrected chi connectivity index (χ2v) is 6.64. The number of carbonyl (C=O) groups is 1. The summed E-state index contributed by atoms with van der Waals surface area (Å²) in [6, 6.07) is 8.83. The number of carbonyl (C=O) groups excluding carboxylic acids is 1. The maximum absolute atomic E-state index is 12.2. The predicted molar refractivity (Wildman–Crippen MR) is 101 cm³/mol. The molecule has 0 radical (unpaired) electrons. The summed E-state index contributed by atoms with van der Waals surface area (Å²) in [7, 11) is 3.31. The highest BCUT2D eigenvalue weighted by Crippen LogP contribution is 2.29. The number of esters is 1. The Morgan fingerprint density at radius 2 is 2.04 bits per heavy atom. The van der Waals surface area contributed by atoms with Crippen LogP contribution in [0.5, 0.6) is 0 Å². The van der Waals surface area contributed by atoms with Crippen molar-refractivity contribution in [3.05, 3.63) is 58.0 Å². The number of fused-ring (bicyclic) bond motifs is 1. The number of nitrogens with zero attached hydrogens (tertiary/aromatic N) is 1. The molecule has 1 aromatic heterocycles. The molecule has 3 rings (SSSR count). The molecule has 0 bridgehead atoms. The van der Waals surface area contributed by atoms with Crippen molar-refractivity contribution in [3.63, 3.8) is 0 Å². The third kappa shape index (κ3) is 4.04. The summed E-state index contributed by atoms with van der Waals surface area (Å²) in [6.45, 7) is 1.19. The van der Waals surface area contributed by atoms with E-state index in [9.17, 15) is 9.59 Å². The lowest BCUT2D eigenvalue weighted by Gasteiger charge is -2.36. The molecule has 0 spiro atoms. The van der Waals surface area contributed by atoms with Crippen molar-refractivity contribution in [1.29, 1.82) is 0 Å². The van der Waals surface area contributed by atoms with Crippen LogP contribution in [0.15, 0.2) is 46.9 Å². The fraction of sp³-hybridized carbons (Fsp3) is 0.400. The summed E-state index contributed by atoms with van der Waals surface area (Å²) in [5.74, 6) is -0.518. The summed E-state index contributed by atoms with van der Waals surface area (Å²) in [6.07, 6.45) is 2.49. The van der Waals surface area contributed by atoms with Gasteiger partial charge in [0.15, 0.2) is 0 Å². The fourth-order valence-corrected chi connectivity index (χ4v) is 3.29. The number of nitrogens with two attached hydrogens (primary N) is 1. The molecule has 0 unspecified atom stereocenters. The Hall–Kier alpha value is -2.64. The van der Waals surface area contributed by atoms with Crippen molar-refractivity contribution >= 4 is 16.9 Å². The van der Waals surface area contributed by atoms with Gasteiger partial charge < -0.3 is 24.5 Å². The molecule has 144 valence electrons. The summed E-state index contributed by atoms with van der Waals surface area (Å²) in [5.41, 5.74) is 7.38. The quantitative estimate of drug-likeness (QED) is 0.633. The SMILES string of the molecule is COC1(C(N)=CC(=O)OCc2ccc3c(ccc(=O)n3C)c2)CCOCC1. The average Bonchev–Trinajstić information content (AvgIpc) is 2.69. The number of methoxy groups -OCH3 is 1. The number of aryl methyl sites for hydroxylation is 1. The largest absolute Gasteiger partial charge is 0.458 e. The third-order valence-electron chi connectivity index (χ3n) is 5.06. The van der Waals surface area contributed by atoms with Crippen LogP contribution in [0.2, 0.25) is 0 Å². The van der Waals surface area contributed by atoms with Crippen LogP contribution < -0.4 is 11.3 Å². The Kier molecular flexibility index (Phi) is 5.62. The monoisotopic (exact) mass is 372 g/mol. The Morgan fingerprint density at radius 1 is 1.30 bits per heavy atom. The first-order chi connectivity index (χ1) is 12.9. The molecule has 0 atom stereocenters. The van der Waals surface area contributed by atoms with Crippen LogP contribution in [-0.4, -0.2) is 36.5 Å². The Balaban J connectivity index is 1.69. The lowest BCUT2D eigenvalue weighted by molar-refractivity contribution is -0.139. The highest BCUT2D eigenvalue weighted by molar-refractivity contribution is 5.83. The van der Waals surface area contributed by atoms with E-state index in [1.165, 1.54) is 12.1 Å². The molecular formula is C20H24N2O5. The first kappa shape index (κ1) is 19.1. The second-order valence-electron chi connectivity index (χ2n) is 6.64. The second kappa shape index (κ2) is 7.94. The van der Waals surface area contributed by atoms with E-state index in [1.807, 2.05) is 18.2 Å². The molecule has 0 amide bonds. The van der Waals surface area contributed by atoms with Crippen LogP contribution in [0.1, 0.15) is 18.4 Å². The first-order valence-corrected chi connectivity index (χ1v) is 8.81. The number of pyridine rings is 1. The standard InChI is InChI=1S/C20H24N2O5/c1-22-16-5-3-14(11-15(16)4-6-18(22)23)13-27-19(24)12-17(21)20(25-2)7-9-26-10-8-20/h3-6,11-12H,7-10,13,21H2,1-2H3. The molecule has 1 fully saturated rings. The van der Waals surface area contributed by atoms with Gasteiger partial charge in [-0.2, -0.15) is 0 Å². The maximum atomic E-state index is 12.2. The number of hydrogen-bond donors (Lipinski definition) is 1. The summed E-state index contributed by atoms with van der Waals surface area (Å²) in [5, 5.41) is 0.904. The zero-order chi connectivity index (χ0) is 19.4. The molecular weight excluding hydrogens is 348 g/mol. The summed E-state index contributed by atoms with van der Waals surface area (Å²) >= 11 is 0. The first-order valence-electron chi connectivity index (χ1n) is 8.81. The van der Waals surface area contributed by atoms with Gasteiger partial charge in [0.1, 0.15) is 12.2 Å². The summed E-state index contributed by atoms with van der Waals surface area (Å²) in [4.78, 5) is 23.9. The lowest BCUT2D eigenvalue weighted by atomic mass is 9.90. The van der Waals surface area contributed by atoms with E-state index in [1.54, 1.807) is 24.8 Å². The van der Waals surface area contributed by atoms with Crippen molar-refractivity contribution in [3.8, 4) is 0 Å². The smallest absolute Gasteiger partial charge is 0.332 e. The molecule has 2 heterocycles. The van der Waals surface area contributed by atoms with Gasteiger partial charge in [-0.1, -0.05) is 6.07 Å². The number of ether oxygens (including phenoxy) is 3. The lowest BCUT2D eigenvalue weighted by Crippen LogP contribution is -2.43. The molecule has 1 saturated heterocycles. The molecule has 1 aliphatic rings. The third-order valence-corrected chi connectivity index (χ3v) is 5.06. The van der Waals surface area contributed by atoms with Gasteiger partial charge >= 0.3 is 5.97 Å². The molecule has 0 aliphatic carbocycles.